The Hall–Kier alpha value is -2.60. The molecule has 0 fully saturated rings. The molecular formula is C21H29N3O3. The summed E-state index contributed by atoms with van der Waals surface area (Å²) in [6, 6.07) is 8.96. The smallest absolute Gasteiger partial charge is 0.251 e. The molecule has 27 heavy (non-hydrogen) atoms. The molecule has 6 nitrogen and oxygen atoms in total. The number of nitrogens with zero attached hydrogens (tertiary/aromatic N) is 1. The Morgan fingerprint density at radius 3 is 2.67 bits per heavy atom. The zero-order valence-corrected chi connectivity index (χ0v) is 16.3. The molecule has 0 radical (unpaired) electrons. The number of benzene rings is 1. The summed E-state index contributed by atoms with van der Waals surface area (Å²) in [6.07, 6.45) is 4.31. The van der Waals surface area contributed by atoms with E-state index in [1.165, 1.54) is 0 Å². The Kier molecular flexibility index (Phi) is 8.07. The first kappa shape index (κ1) is 20.7. The Bertz CT molecular complexity index is 720. The molecule has 6 heteroatoms. The standard InChI is InChI=1S/C21H29N3O3/c1-4-26-20-11-17(21(25)24-18(12-22)10-15(2)3)7-8-19(20)27-14-16-6-5-9-23-13-16/h5-9,11,13,15,18H,4,10,12,14,22H2,1-3H3,(H,24,25). The van der Waals surface area contributed by atoms with E-state index >= 15 is 0 Å². The summed E-state index contributed by atoms with van der Waals surface area (Å²) in [5.74, 6) is 1.43. The minimum Gasteiger partial charge on any atom is -0.490 e. The van der Waals surface area contributed by atoms with Gasteiger partial charge in [-0.25, -0.2) is 0 Å². The van der Waals surface area contributed by atoms with E-state index in [0.29, 0.717) is 42.7 Å². The van der Waals surface area contributed by atoms with E-state index in [1.54, 1.807) is 30.6 Å². The third kappa shape index (κ3) is 6.57. The van der Waals surface area contributed by atoms with Crippen LogP contribution in [0.5, 0.6) is 11.5 Å². The number of nitrogens with one attached hydrogen (secondary N) is 1. The fraction of sp³-hybridized carbons (Fsp3) is 0.429. The van der Waals surface area contributed by atoms with Crippen LogP contribution >= 0.6 is 0 Å². The monoisotopic (exact) mass is 371 g/mol. The highest BCUT2D eigenvalue weighted by Crippen LogP contribution is 2.29. The Labute approximate surface area is 161 Å². The van der Waals surface area contributed by atoms with Crippen LogP contribution in [0.3, 0.4) is 0 Å². The number of ether oxygens (including phenoxy) is 2. The number of amides is 1. The second-order valence-corrected chi connectivity index (χ2v) is 6.78. The number of pyridine rings is 1. The molecule has 1 amide bonds. The van der Waals surface area contributed by atoms with Crippen LogP contribution in [-0.2, 0) is 6.61 Å². The molecule has 1 unspecified atom stereocenters. The molecule has 0 bridgehead atoms. The molecule has 1 aromatic carbocycles. The van der Waals surface area contributed by atoms with Gasteiger partial charge in [-0.3, -0.25) is 9.78 Å². The van der Waals surface area contributed by atoms with E-state index in [1.807, 2.05) is 19.1 Å². The molecular weight excluding hydrogens is 342 g/mol. The Morgan fingerprint density at radius 2 is 2.04 bits per heavy atom. The van der Waals surface area contributed by atoms with Crippen molar-refractivity contribution in [1.29, 1.82) is 0 Å². The summed E-state index contributed by atoms with van der Waals surface area (Å²) in [6.45, 7) is 7.38. The van der Waals surface area contributed by atoms with Gasteiger partial charge in [0.25, 0.3) is 5.91 Å². The van der Waals surface area contributed by atoms with Gasteiger partial charge in [0.2, 0.25) is 0 Å². The first-order chi connectivity index (χ1) is 13.0. The zero-order chi connectivity index (χ0) is 19.6. The van der Waals surface area contributed by atoms with E-state index in [9.17, 15) is 4.79 Å². The number of hydrogen-bond acceptors (Lipinski definition) is 5. The molecule has 0 aliphatic carbocycles. The summed E-state index contributed by atoms with van der Waals surface area (Å²) < 4.78 is 11.5. The minimum atomic E-state index is -0.161. The van der Waals surface area contributed by atoms with Crippen molar-refractivity contribution in [3.05, 3.63) is 53.9 Å². The van der Waals surface area contributed by atoms with Crippen molar-refractivity contribution in [2.75, 3.05) is 13.2 Å². The molecule has 3 N–H and O–H groups in total. The van der Waals surface area contributed by atoms with Gasteiger partial charge in [0, 0.05) is 36.1 Å². The van der Waals surface area contributed by atoms with Gasteiger partial charge >= 0.3 is 0 Å². The predicted octanol–water partition coefficient (Wildman–Crippen LogP) is 3.16. The Balaban J connectivity index is 2.09. The van der Waals surface area contributed by atoms with E-state index in [-0.39, 0.29) is 11.9 Å². The summed E-state index contributed by atoms with van der Waals surface area (Å²) >= 11 is 0. The maximum absolute atomic E-state index is 12.6. The average molecular weight is 371 g/mol. The maximum Gasteiger partial charge on any atom is 0.251 e. The molecule has 0 saturated carbocycles. The van der Waals surface area contributed by atoms with E-state index in [4.69, 9.17) is 15.2 Å². The largest absolute Gasteiger partial charge is 0.490 e. The lowest BCUT2D eigenvalue weighted by molar-refractivity contribution is 0.0933. The SMILES string of the molecule is CCOc1cc(C(=O)NC(CN)CC(C)C)ccc1OCc1cccnc1. The maximum atomic E-state index is 12.6. The van der Waals surface area contributed by atoms with Crippen LogP contribution in [0.1, 0.15) is 43.1 Å². The van der Waals surface area contributed by atoms with Gasteiger partial charge in [-0.15, -0.1) is 0 Å². The zero-order valence-electron chi connectivity index (χ0n) is 16.3. The van der Waals surface area contributed by atoms with E-state index < -0.39 is 0 Å². The second-order valence-electron chi connectivity index (χ2n) is 6.78. The van der Waals surface area contributed by atoms with Crippen molar-refractivity contribution < 1.29 is 14.3 Å². The Morgan fingerprint density at radius 1 is 1.22 bits per heavy atom. The highest BCUT2D eigenvalue weighted by atomic mass is 16.5. The van der Waals surface area contributed by atoms with Crippen molar-refractivity contribution in [3.8, 4) is 11.5 Å². The first-order valence-corrected chi connectivity index (χ1v) is 9.33. The van der Waals surface area contributed by atoms with Crippen LogP contribution in [0.4, 0.5) is 0 Å². The number of hydrogen-bond donors (Lipinski definition) is 2. The van der Waals surface area contributed by atoms with Crippen LogP contribution in [0.2, 0.25) is 0 Å². The van der Waals surface area contributed by atoms with Crippen LogP contribution in [-0.4, -0.2) is 30.1 Å². The van der Waals surface area contributed by atoms with Crippen molar-refractivity contribution in [1.82, 2.24) is 10.3 Å². The van der Waals surface area contributed by atoms with Crippen LogP contribution in [0.15, 0.2) is 42.7 Å². The second kappa shape index (κ2) is 10.5. The van der Waals surface area contributed by atoms with Gasteiger partial charge in [-0.05, 0) is 43.5 Å². The third-order valence-electron chi connectivity index (χ3n) is 4.00. The molecule has 1 aromatic heterocycles. The lowest BCUT2D eigenvalue weighted by Gasteiger charge is -2.19. The summed E-state index contributed by atoms with van der Waals surface area (Å²) in [5, 5.41) is 2.99. The molecule has 0 spiro atoms. The molecule has 1 heterocycles. The van der Waals surface area contributed by atoms with Gasteiger partial charge in [0.1, 0.15) is 6.61 Å². The molecule has 146 valence electrons. The normalized spacial score (nSPS) is 11.9. The lowest BCUT2D eigenvalue weighted by Crippen LogP contribution is -2.41. The number of aromatic nitrogens is 1. The molecule has 0 saturated heterocycles. The topological polar surface area (TPSA) is 86.5 Å². The van der Waals surface area contributed by atoms with Crippen LogP contribution in [0.25, 0.3) is 0 Å². The summed E-state index contributed by atoms with van der Waals surface area (Å²) in [7, 11) is 0. The van der Waals surface area contributed by atoms with Gasteiger partial charge in [0.15, 0.2) is 11.5 Å². The van der Waals surface area contributed by atoms with Crippen molar-refractivity contribution in [2.45, 2.75) is 39.8 Å². The van der Waals surface area contributed by atoms with E-state index in [2.05, 4.69) is 24.1 Å². The number of nitrogens with two attached hydrogens (primary N) is 1. The molecule has 0 aliphatic heterocycles. The molecule has 2 rings (SSSR count). The summed E-state index contributed by atoms with van der Waals surface area (Å²) in [5.41, 5.74) is 7.26. The number of carbonyl (C=O) groups is 1. The van der Waals surface area contributed by atoms with Gasteiger partial charge in [0.05, 0.1) is 6.61 Å². The number of rotatable bonds is 10. The fourth-order valence-electron chi connectivity index (χ4n) is 2.73. The van der Waals surface area contributed by atoms with Crippen LogP contribution in [0, 0.1) is 5.92 Å². The van der Waals surface area contributed by atoms with Gasteiger partial charge in [-0.2, -0.15) is 0 Å². The third-order valence-corrected chi connectivity index (χ3v) is 4.00. The van der Waals surface area contributed by atoms with Crippen molar-refractivity contribution in [3.63, 3.8) is 0 Å². The van der Waals surface area contributed by atoms with E-state index in [0.717, 1.165) is 12.0 Å². The highest BCUT2D eigenvalue weighted by molar-refractivity contribution is 5.95. The van der Waals surface area contributed by atoms with Gasteiger partial charge in [-0.1, -0.05) is 19.9 Å². The van der Waals surface area contributed by atoms with Gasteiger partial charge < -0.3 is 20.5 Å². The fourth-order valence-corrected chi connectivity index (χ4v) is 2.73. The summed E-state index contributed by atoms with van der Waals surface area (Å²) in [4.78, 5) is 16.6. The van der Waals surface area contributed by atoms with Crippen molar-refractivity contribution >= 4 is 5.91 Å². The number of carbonyl (C=O) groups excluding carboxylic acids is 1. The molecule has 2 aromatic rings. The first-order valence-electron chi connectivity index (χ1n) is 9.33. The quantitative estimate of drug-likeness (QED) is 0.670. The molecule has 1 atom stereocenters. The minimum absolute atomic E-state index is 0.0467. The lowest BCUT2D eigenvalue weighted by atomic mass is 10.0. The van der Waals surface area contributed by atoms with Crippen molar-refractivity contribution in [2.24, 2.45) is 11.7 Å². The average Bonchev–Trinajstić information content (AvgIpc) is 2.67. The van der Waals surface area contributed by atoms with Crippen LogP contribution < -0.4 is 20.5 Å². The predicted molar refractivity (Wildman–Crippen MR) is 106 cm³/mol. The highest BCUT2D eigenvalue weighted by Gasteiger charge is 2.16. The molecule has 0 aliphatic rings.